The van der Waals surface area contributed by atoms with Gasteiger partial charge in [0.1, 0.15) is 6.04 Å². The van der Waals surface area contributed by atoms with Crippen molar-refractivity contribution in [2.45, 2.75) is 50.6 Å². The molecule has 2 amide bonds. The Kier molecular flexibility index (Phi) is 5.16. The van der Waals surface area contributed by atoms with Gasteiger partial charge in [-0.3, -0.25) is 9.59 Å². The second-order valence-corrected chi connectivity index (χ2v) is 7.59. The molecule has 2 heterocycles. The Hall–Kier alpha value is -2.34. The number of likely N-dealkylation sites (tertiary alicyclic amines) is 1. The number of nitrogens with zero attached hydrogens (tertiary/aromatic N) is 2. The minimum absolute atomic E-state index is 0.00972. The molecule has 1 atom stereocenters. The molecule has 1 saturated carbocycles. The van der Waals surface area contributed by atoms with Gasteiger partial charge in [-0.15, -0.1) is 0 Å². The summed E-state index contributed by atoms with van der Waals surface area (Å²) >= 11 is 5.90. The van der Waals surface area contributed by atoms with Crippen LogP contribution < -0.4 is 5.32 Å². The number of oxazole rings is 1. The number of carbonyl (C=O) groups excluding carboxylic acids is 2. The predicted molar refractivity (Wildman–Crippen MR) is 101 cm³/mol. The fraction of sp³-hybridized carbons (Fsp3) is 0.450. The van der Waals surface area contributed by atoms with Crippen LogP contribution in [0.2, 0.25) is 5.02 Å². The van der Waals surface area contributed by atoms with E-state index < -0.39 is 0 Å². The molecule has 7 heteroatoms. The molecular formula is C20H22ClN3O3. The number of rotatable bonds is 6. The molecule has 0 bridgehead atoms. The molecule has 27 heavy (non-hydrogen) atoms. The summed E-state index contributed by atoms with van der Waals surface area (Å²) < 4.78 is 5.75. The number of amides is 2. The predicted octanol–water partition coefficient (Wildman–Crippen LogP) is 3.20. The maximum Gasteiger partial charge on any atom is 0.243 e. The van der Waals surface area contributed by atoms with E-state index in [1.54, 1.807) is 23.2 Å². The van der Waals surface area contributed by atoms with Gasteiger partial charge in [-0.25, -0.2) is 4.98 Å². The van der Waals surface area contributed by atoms with E-state index in [-0.39, 0.29) is 24.3 Å². The van der Waals surface area contributed by atoms with Crippen LogP contribution in [0.1, 0.15) is 38.0 Å². The maximum atomic E-state index is 12.6. The second kappa shape index (κ2) is 7.72. The van der Waals surface area contributed by atoms with E-state index in [1.807, 2.05) is 12.1 Å². The summed E-state index contributed by atoms with van der Waals surface area (Å²) in [6.45, 7) is 0.642. The number of hydrogen-bond acceptors (Lipinski definition) is 4. The Bertz CT molecular complexity index is 829. The van der Waals surface area contributed by atoms with Gasteiger partial charge in [0.2, 0.25) is 11.8 Å². The van der Waals surface area contributed by atoms with Gasteiger partial charge in [-0.2, -0.15) is 0 Å². The van der Waals surface area contributed by atoms with E-state index in [9.17, 15) is 9.59 Å². The molecule has 2 aliphatic rings. The van der Waals surface area contributed by atoms with Crippen LogP contribution in [-0.4, -0.2) is 40.3 Å². The zero-order valence-corrected chi connectivity index (χ0v) is 15.7. The van der Waals surface area contributed by atoms with Crippen molar-refractivity contribution in [2.24, 2.45) is 0 Å². The third kappa shape index (κ3) is 4.33. The number of carbonyl (C=O) groups is 2. The van der Waals surface area contributed by atoms with Crippen LogP contribution >= 0.6 is 11.6 Å². The van der Waals surface area contributed by atoms with Gasteiger partial charge in [0.15, 0.2) is 11.7 Å². The Morgan fingerprint density at radius 3 is 2.74 bits per heavy atom. The number of aryl methyl sites for hydroxylation is 1. The summed E-state index contributed by atoms with van der Waals surface area (Å²) in [7, 11) is 0. The average molecular weight is 388 g/mol. The van der Waals surface area contributed by atoms with E-state index in [1.165, 1.54) is 0 Å². The molecule has 2 fully saturated rings. The summed E-state index contributed by atoms with van der Waals surface area (Å²) in [6.07, 6.45) is 6.07. The minimum Gasteiger partial charge on any atom is -0.441 e. The van der Waals surface area contributed by atoms with Crippen LogP contribution in [0, 0.1) is 0 Å². The van der Waals surface area contributed by atoms with Crippen molar-refractivity contribution in [3.63, 3.8) is 0 Å². The highest BCUT2D eigenvalue weighted by Gasteiger charge is 2.36. The first-order valence-corrected chi connectivity index (χ1v) is 9.78. The standard InChI is InChI=1S/C20H22ClN3O3/c21-14-5-3-13(4-6-14)17-12-22-18(27-17)9-10-19(25)24-11-1-2-16(24)20(26)23-15-7-8-15/h3-6,12,15-16H,1-2,7-11H2,(H,23,26)/t16-/m0/s1. The molecule has 0 unspecified atom stereocenters. The molecule has 1 aliphatic carbocycles. The second-order valence-electron chi connectivity index (χ2n) is 7.15. The van der Waals surface area contributed by atoms with Crippen LogP contribution in [0.25, 0.3) is 11.3 Å². The summed E-state index contributed by atoms with van der Waals surface area (Å²) in [5.41, 5.74) is 0.890. The zero-order valence-electron chi connectivity index (χ0n) is 15.0. The molecular weight excluding hydrogens is 366 g/mol. The minimum atomic E-state index is -0.327. The molecule has 0 spiro atoms. The van der Waals surface area contributed by atoms with Gasteiger partial charge in [-0.05, 0) is 49.9 Å². The van der Waals surface area contributed by atoms with Gasteiger partial charge < -0.3 is 14.6 Å². The van der Waals surface area contributed by atoms with Crippen LogP contribution in [0.3, 0.4) is 0 Å². The van der Waals surface area contributed by atoms with Gasteiger partial charge in [0, 0.05) is 36.0 Å². The Morgan fingerprint density at radius 1 is 1.22 bits per heavy atom. The van der Waals surface area contributed by atoms with E-state index in [4.69, 9.17) is 16.0 Å². The molecule has 0 radical (unpaired) electrons. The smallest absolute Gasteiger partial charge is 0.243 e. The van der Waals surface area contributed by atoms with Crippen molar-refractivity contribution in [3.8, 4) is 11.3 Å². The van der Waals surface area contributed by atoms with Crippen molar-refractivity contribution in [3.05, 3.63) is 41.4 Å². The molecule has 1 aromatic heterocycles. The van der Waals surface area contributed by atoms with Gasteiger partial charge in [0.25, 0.3) is 0 Å². The lowest BCUT2D eigenvalue weighted by atomic mass is 10.2. The highest BCUT2D eigenvalue weighted by atomic mass is 35.5. The monoisotopic (exact) mass is 387 g/mol. The average Bonchev–Trinajstić information content (AvgIpc) is 3.16. The van der Waals surface area contributed by atoms with Gasteiger partial charge in [0.05, 0.1) is 6.20 Å². The fourth-order valence-electron chi connectivity index (χ4n) is 3.39. The lowest BCUT2D eigenvalue weighted by Crippen LogP contribution is -2.46. The fourth-order valence-corrected chi connectivity index (χ4v) is 3.52. The summed E-state index contributed by atoms with van der Waals surface area (Å²) in [4.78, 5) is 30.9. The van der Waals surface area contributed by atoms with Crippen molar-refractivity contribution in [2.75, 3.05) is 6.54 Å². The number of nitrogens with one attached hydrogen (secondary N) is 1. The lowest BCUT2D eigenvalue weighted by molar-refractivity contribution is -0.138. The van der Waals surface area contributed by atoms with Gasteiger partial charge in [-0.1, -0.05) is 11.6 Å². The Labute approximate surface area is 162 Å². The van der Waals surface area contributed by atoms with E-state index in [0.717, 1.165) is 31.2 Å². The van der Waals surface area contributed by atoms with Crippen molar-refractivity contribution < 1.29 is 14.0 Å². The molecule has 1 N–H and O–H groups in total. The number of aromatic nitrogens is 1. The summed E-state index contributed by atoms with van der Waals surface area (Å²) in [5, 5.41) is 3.67. The van der Waals surface area contributed by atoms with Crippen LogP contribution in [0.4, 0.5) is 0 Å². The summed E-state index contributed by atoms with van der Waals surface area (Å²) in [5.74, 6) is 1.14. The first-order valence-electron chi connectivity index (χ1n) is 9.40. The Balaban J connectivity index is 1.33. The molecule has 1 aliphatic heterocycles. The normalized spacial score (nSPS) is 19.3. The van der Waals surface area contributed by atoms with E-state index in [2.05, 4.69) is 10.3 Å². The zero-order chi connectivity index (χ0) is 18.8. The first-order chi connectivity index (χ1) is 13.1. The highest BCUT2D eigenvalue weighted by molar-refractivity contribution is 6.30. The summed E-state index contributed by atoms with van der Waals surface area (Å²) in [6, 6.07) is 7.31. The number of benzene rings is 1. The molecule has 6 nitrogen and oxygen atoms in total. The molecule has 2 aromatic rings. The lowest BCUT2D eigenvalue weighted by Gasteiger charge is -2.23. The molecule has 1 aromatic carbocycles. The third-order valence-electron chi connectivity index (χ3n) is 5.03. The van der Waals surface area contributed by atoms with E-state index >= 15 is 0 Å². The Morgan fingerprint density at radius 2 is 2.00 bits per heavy atom. The third-order valence-corrected chi connectivity index (χ3v) is 5.29. The first kappa shape index (κ1) is 18.0. The quantitative estimate of drug-likeness (QED) is 0.825. The van der Waals surface area contributed by atoms with Crippen LogP contribution in [-0.2, 0) is 16.0 Å². The van der Waals surface area contributed by atoms with Crippen molar-refractivity contribution in [1.29, 1.82) is 0 Å². The van der Waals surface area contributed by atoms with Crippen molar-refractivity contribution >= 4 is 23.4 Å². The molecule has 1 saturated heterocycles. The van der Waals surface area contributed by atoms with Crippen molar-refractivity contribution in [1.82, 2.24) is 15.2 Å². The van der Waals surface area contributed by atoms with E-state index in [0.29, 0.717) is 35.7 Å². The van der Waals surface area contributed by atoms with Gasteiger partial charge >= 0.3 is 0 Å². The molecule has 4 rings (SSSR count). The SMILES string of the molecule is O=C(NC1CC1)[C@@H]1CCCN1C(=O)CCc1ncc(-c2ccc(Cl)cc2)o1. The van der Waals surface area contributed by atoms with Crippen LogP contribution in [0.15, 0.2) is 34.9 Å². The van der Waals surface area contributed by atoms with Crippen LogP contribution in [0.5, 0.6) is 0 Å². The highest BCUT2D eigenvalue weighted by Crippen LogP contribution is 2.25. The molecule has 142 valence electrons. The largest absolute Gasteiger partial charge is 0.441 e. The number of hydrogen-bond donors (Lipinski definition) is 1. The maximum absolute atomic E-state index is 12.6. The number of halogens is 1. The topological polar surface area (TPSA) is 75.4 Å².